The summed E-state index contributed by atoms with van der Waals surface area (Å²) < 4.78 is 2.80. The lowest BCUT2D eigenvalue weighted by molar-refractivity contribution is -0.638. The number of nitrogens with zero attached hydrogens (tertiary/aromatic N) is 4. The highest BCUT2D eigenvalue weighted by Gasteiger charge is 2.32. The summed E-state index contributed by atoms with van der Waals surface area (Å²) in [5, 5.41) is 35.7. The second-order valence-corrected chi connectivity index (χ2v) is 8.72. The Balaban J connectivity index is 0.000000125. The van der Waals surface area contributed by atoms with Crippen molar-refractivity contribution in [3.05, 3.63) is 86.9 Å². The molecular formula is C20H16N4O3S2. The monoisotopic (exact) mass is 424 g/mol. The Hall–Kier alpha value is -2.78. The Morgan fingerprint density at radius 2 is 1.10 bits per heavy atom. The van der Waals surface area contributed by atoms with Crippen molar-refractivity contribution in [3.63, 3.8) is 0 Å². The predicted octanol–water partition coefficient (Wildman–Crippen LogP) is 2.47. The van der Waals surface area contributed by atoms with Crippen LogP contribution in [0.3, 0.4) is 0 Å². The van der Waals surface area contributed by atoms with E-state index in [4.69, 9.17) is 0 Å². The normalized spacial score (nSPS) is 14.5. The molecule has 4 heterocycles. The highest BCUT2D eigenvalue weighted by molar-refractivity contribution is 7.98. The van der Waals surface area contributed by atoms with Gasteiger partial charge in [0.15, 0.2) is 0 Å². The molecular weight excluding hydrogens is 408 g/mol. The standard InChI is InChI=1S/C10H8N2O2S.C10H8N2OS/c13-11-7-3-1-2-4-8(7)12(14)10-6-15-5-9(10)11;13-12-9-4-2-1-3-7(9)11-8-5-14-6-10(8)12/h1-4H,5-6H2;1-4H,5-6H2. The first-order valence-electron chi connectivity index (χ1n) is 9.06. The molecule has 0 amide bonds. The summed E-state index contributed by atoms with van der Waals surface area (Å²) in [4.78, 5) is 4.47. The average molecular weight is 425 g/mol. The van der Waals surface area contributed by atoms with Crippen LogP contribution in [0.4, 0.5) is 0 Å². The minimum absolute atomic E-state index is 0.453. The van der Waals surface area contributed by atoms with Gasteiger partial charge in [0.05, 0.1) is 17.3 Å². The van der Waals surface area contributed by atoms with Gasteiger partial charge in [-0.05, 0) is 6.07 Å². The molecule has 0 saturated heterocycles. The highest BCUT2D eigenvalue weighted by atomic mass is 32.2. The van der Waals surface area contributed by atoms with Crippen molar-refractivity contribution in [3.8, 4) is 0 Å². The molecule has 0 saturated carbocycles. The van der Waals surface area contributed by atoms with Crippen LogP contribution in [0, 0.1) is 15.6 Å². The molecule has 2 aromatic carbocycles. The molecule has 0 spiro atoms. The number of hydrogen-bond donors (Lipinski definition) is 0. The molecule has 2 aromatic heterocycles. The summed E-state index contributed by atoms with van der Waals surface area (Å²) in [6.45, 7) is 0. The fraction of sp³-hybridized carbons (Fsp3) is 0.200. The summed E-state index contributed by atoms with van der Waals surface area (Å²) in [5.41, 5.74) is 5.36. The van der Waals surface area contributed by atoms with E-state index in [9.17, 15) is 15.6 Å². The van der Waals surface area contributed by atoms with E-state index in [-0.39, 0.29) is 0 Å². The lowest BCUT2D eigenvalue weighted by Crippen LogP contribution is -2.43. The van der Waals surface area contributed by atoms with Crippen LogP contribution in [0.15, 0.2) is 48.5 Å². The Morgan fingerprint density at radius 3 is 1.76 bits per heavy atom. The highest BCUT2D eigenvalue weighted by Crippen LogP contribution is 2.27. The van der Waals surface area contributed by atoms with E-state index in [1.807, 2.05) is 24.3 Å². The summed E-state index contributed by atoms with van der Waals surface area (Å²) in [6, 6.07) is 14.4. The quantitative estimate of drug-likeness (QED) is 0.318. The maximum atomic E-state index is 11.9. The van der Waals surface area contributed by atoms with E-state index in [0.717, 1.165) is 42.6 Å². The molecule has 29 heavy (non-hydrogen) atoms. The van der Waals surface area contributed by atoms with E-state index in [1.165, 1.54) is 0 Å². The maximum absolute atomic E-state index is 11.9. The first kappa shape index (κ1) is 18.3. The van der Waals surface area contributed by atoms with Crippen molar-refractivity contribution in [2.24, 2.45) is 0 Å². The topological polar surface area (TPSA) is 93.7 Å². The number of rotatable bonds is 0. The molecule has 0 fully saturated rings. The van der Waals surface area contributed by atoms with Crippen LogP contribution in [0.5, 0.6) is 0 Å². The van der Waals surface area contributed by atoms with Crippen LogP contribution in [0.25, 0.3) is 22.1 Å². The van der Waals surface area contributed by atoms with Crippen LogP contribution in [-0.2, 0) is 23.0 Å². The van der Waals surface area contributed by atoms with Gasteiger partial charge in [-0.15, -0.1) is 23.5 Å². The summed E-state index contributed by atoms with van der Waals surface area (Å²) in [7, 11) is 0. The van der Waals surface area contributed by atoms with Crippen molar-refractivity contribution in [2.75, 3.05) is 0 Å². The zero-order chi connectivity index (χ0) is 20.0. The smallest absolute Gasteiger partial charge is 0.290 e. The number of para-hydroxylation sites is 4. The Morgan fingerprint density at radius 1 is 0.621 bits per heavy atom. The fourth-order valence-corrected chi connectivity index (χ4v) is 5.63. The molecule has 9 heteroatoms. The molecule has 0 radical (unpaired) electrons. The zero-order valence-electron chi connectivity index (χ0n) is 15.3. The van der Waals surface area contributed by atoms with Crippen molar-refractivity contribution in [1.29, 1.82) is 0 Å². The molecule has 2 aliphatic heterocycles. The van der Waals surface area contributed by atoms with Crippen LogP contribution < -0.4 is 14.2 Å². The number of hydrogen-bond acceptors (Lipinski definition) is 6. The van der Waals surface area contributed by atoms with Gasteiger partial charge in [-0.1, -0.05) is 24.3 Å². The average Bonchev–Trinajstić information content (AvgIpc) is 3.43. The van der Waals surface area contributed by atoms with Crippen LogP contribution in [0.2, 0.25) is 0 Å². The minimum atomic E-state index is 0.453. The van der Waals surface area contributed by atoms with E-state index >= 15 is 0 Å². The molecule has 7 nitrogen and oxygen atoms in total. The summed E-state index contributed by atoms with van der Waals surface area (Å²) in [6.07, 6.45) is 0. The van der Waals surface area contributed by atoms with Gasteiger partial charge in [-0.3, -0.25) is 0 Å². The van der Waals surface area contributed by atoms with E-state index in [1.54, 1.807) is 47.8 Å². The Bertz CT molecular complexity index is 1220. The molecule has 0 aliphatic carbocycles. The van der Waals surface area contributed by atoms with E-state index in [0.29, 0.717) is 39.4 Å². The second kappa shape index (κ2) is 7.23. The second-order valence-electron chi connectivity index (χ2n) is 6.74. The van der Waals surface area contributed by atoms with Crippen molar-refractivity contribution >= 4 is 45.6 Å². The first-order chi connectivity index (χ1) is 14.1. The lowest BCUT2D eigenvalue weighted by atomic mass is 10.2. The van der Waals surface area contributed by atoms with Gasteiger partial charge in [-0.25, -0.2) is 4.98 Å². The largest absolute Gasteiger partial charge is 0.618 e. The molecule has 0 unspecified atom stereocenters. The molecule has 0 N–H and O–H groups in total. The minimum Gasteiger partial charge on any atom is -0.618 e. The van der Waals surface area contributed by atoms with Crippen LogP contribution in [0.1, 0.15) is 22.8 Å². The van der Waals surface area contributed by atoms with Gasteiger partial charge in [-0.2, -0.15) is 14.2 Å². The summed E-state index contributed by atoms with van der Waals surface area (Å²) in [5.74, 6) is 2.91. The molecule has 146 valence electrons. The van der Waals surface area contributed by atoms with Gasteiger partial charge >= 0.3 is 0 Å². The van der Waals surface area contributed by atoms with Crippen molar-refractivity contribution in [1.82, 2.24) is 4.98 Å². The third kappa shape index (κ3) is 3.01. The molecule has 6 rings (SSSR count). The van der Waals surface area contributed by atoms with Gasteiger partial charge in [0.1, 0.15) is 11.2 Å². The number of aromatic nitrogens is 4. The number of thioether (sulfide) groups is 2. The van der Waals surface area contributed by atoms with E-state index in [2.05, 4.69) is 4.98 Å². The van der Waals surface area contributed by atoms with E-state index < -0.39 is 0 Å². The summed E-state index contributed by atoms with van der Waals surface area (Å²) >= 11 is 3.34. The van der Waals surface area contributed by atoms with Crippen molar-refractivity contribution < 1.29 is 14.2 Å². The molecule has 4 aromatic rings. The van der Waals surface area contributed by atoms with Gasteiger partial charge in [0.2, 0.25) is 11.2 Å². The number of benzene rings is 2. The molecule has 0 bridgehead atoms. The Labute approximate surface area is 174 Å². The number of fused-ring (bicyclic) bond motifs is 4. The third-order valence-corrected chi connectivity index (χ3v) is 6.94. The molecule has 2 aliphatic rings. The predicted molar refractivity (Wildman–Crippen MR) is 113 cm³/mol. The van der Waals surface area contributed by atoms with Crippen molar-refractivity contribution in [2.45, 2.75) is 23.0 Å². The maximum Gasteiger partial charge on any atom is 0.290 e. The first-order valence-corrected chi connectivity index (χ1v) is 11.4. The lowest BCUT2D eigenvalue weighted by Gasteiger charge is -2.07. The van der Waals surface area contributed by atoms with Gasteiger partial charge < -0.3 is 15.6 Å². The SMILES string of the molecule is [O-][n+]1c2c([n+]([O-])c3ccccc31)CSC2.[O-][n+]1c2c(nc3ccccc31)CSC2. The zero-order valence-corrected chi connectivity index (χ0v) is 16.9. The molecule has 0 atom stereocenters. The fourth-order valence-electron chi connectivity index (χ4n) is 3.57. The van der Waals surface area contributed by atoms with Gasteiger partial charge in [0, 0.05) is 24.0 Å². The van der Waals surface area contributed by atoms with Crippen LogP contribution >= 0.6 is 23.5 Å². The van der Waals surface area contributed by atoms with Crippen LogP contribution in [-0.4, -0.2) is 4.98 Å². The third-order valence-electron chi connectivity index (χ3n) is 5.03. The Kier molecular flexibility index (Phi) is 4.56. The van der Waals surface area contributed by atoms with Gasteiger partial charge in [0.25, 0.3) is 22.4 Å².